The first kappa shape index (κ1) is 32.5. The quantitative estimate of drug-likeness (QED) is 0.237. The summed E-state index contributed by atoms with van der Waals surface area (Å²) < 4.78 is 11.0. The van der Waals surface area contributed by atoms with Gasteiger partial charge < -0.3 is 29.9 Å². The lowest BCUT2D eigenvalue weighted by Gasteiger charge is -2.45. The molecule has 2 fully saturated rings. The highest BCUT2D eigenvalue weighted by Crippen LogP contribution is 2.43. The van der Waals surface area contributed by atoms with Crippen molar-refractivity contribution in [3.05, 3.63) is 100 Å². The number of nitrogens with one attached hydrogen (secondary N) is 1. The average Bonchev–Trinajstić information content (AvgIpc) is 2.99. The van der Waals surface area contributed by atoms with Gasteiger partial charge in [-0.15, -0.1) is 0 Å². The Kier molecular flexibility index (Phi) is 10.3. The highest BCUT2D eigenvalue weighted by Gasteiger charge is 2.41. The van der Waals surface area contributed by atoms with E-state index in [2.05, 4.69) is 17.1 Å². The molecule has 11 heteroatoms. The molecule has 43 heavy (non-hydrogen) atoms. The summed E-state index contributed by atoms with van der Waals surface area (Å²) in [6.07, 6.45) is 0.0896. The van der Waals surface area contributed by atoms with E-state index in [0.717, 1.165) is 22.3 Å². The lowest BCUT2D eigenvalue weighted by Crippen LogP contribution is -2.49. The molecule has 2 aliphatic rings. The van der Waals surface area contributed by atoms with E-state index < -0.39 is 21.6 Å². The number of aliphatic hydroxyl groups excluding tert-OH is 1. The molecule has 4 atom stereocenters. The van der Waals surface area contributed by atoms with Gasteiger partial charge in [-0.3, -0.25) is 4.79 Å². The molecule has 230 valence electrons. The van der Waals surface area contributed by atoms with Crippen LogP contribution in [0.4, 0.5) is 5.69 Å². The van der Waals surface area contributed by atoms with Crippen molar-refractivity contribution >= 4 is 58.0 Å². The number of amides is 1. The highest BCUT2D eigenvalue weighted by atomic mass is 35.6. The fraction of sp³-hybridized carbons (Fsp3) is 0.406. The number of piperidine rings is 1. The molecule has 7 nitrogen and oxygen atoms in total. The van der Waals surface area contributed by atoms with Crippen LogP contribution in [0, 0.1) is 5.92 Å². The molecule has 3 N–H and O–H groups in total. The molecule has 3 aromatic rings. The van der Waals surface area contributed by atoms with Crippen LogP contribution in [0.5, 0.6) is 0 Å². The molecule has 0 radical (unpaired) electrons. The molecule has 2 aliphatic heterocycles. The molecule has 0 saturated carbocycles. The van der Waals surface area contributed by atoms with Gasteiger partial charge in [-0.1, -0.05) is 102 Å². The van der Waals surface area contributed by atoms with Crippen LogP contribution in [0.2, 0.25) is 5.02 Å². The molecule has 1 amide bonds. The van der Waals surface area contributed by atoms with Crippen molar-refractivity contribution in [1.82, 2.24) is 4.90 Å². The Morgan fingerprint density at radius 2 is 1.56 bits per heavy atom. The lowest BCUT2D eigenvalue weighted by atomic mass is 9.84. The van der Waals surface area contributed by atoms with Crippen molar-refractivity contribution < 1.29 is 24.5 Å². The summed E-state index contributed by atoms with van der Waals surface area (Å²) >= 11 is 23.1. The summed E-state index contributed by atoms with van der Waals surface area (Å²) in [6.45, 7) is 4.18. The Morgan fingerprint density at radius 3 is 2.14 bits per heavy atom. The van der Waals surface area contributed by atoms with E-state index in [4.69, 9.17) is 55.9 Å². The zero-order valence-electron chi connectivity index (χ0n) is 23.6. The van der Waals surface area contributed by atoms with Crippen molar-refractivity contribution in [2.75, 3.05) is 25.0 Å². The first-order valence-electron chi connectivity index (χ1n) is 14.1. The summed E-state index contributed by atoms with van der Waals surface area (Å²) in [7, 11) is 0. The minimum Gasteiger partial charge on any atom is -0.392 e. The minimum atomic E-state index is -2.07. The minimum absolute atomic E-state index is 0.0103. The fourth-order valence-electron chi connectivity index (χ4n) is 5.66. The summed E-state index contributed by atoms with van der Waals surface area (Å²) in [6, 6.07) is 22.2. The van der Waals surface area contributed by atoms with Crippen LogP contribution < -0.4 is 5.32 Å². The molecule has 0 aromatic heterocycles. The number of anilines is 1. The van der Waals surface area contributed by atoms with Gasteiger partial charge in [-0.05, 0) is 53.8 Å². The summed E-state index contributed by atoms with van der Waals surface area (Å²) in [4.78, 5) is 14.4. The predicted molar refractivity (Wildman–Crippen MR) is 169 cm³/mol. The Balaban J connectivity index is 1.32. The van der Waals surface area contributed by atoms with Crippen molar-refractivity contribution in [2.24, 2.45) is 5.92 Å². The van der Waals surface area contributed by atoms with Crippen LogP contribution in [0.1, 0.15) is 54.4 Å². The van der Waals surface area contributed by atoms with Crippen LogP contribution in [0.15, 0.2) is 72.8 Å². The number of carbonyl (C=O) groups excluding carboxylic acids is 1. The zero-order chi connectivity index (χ0) is 30.8. The molecule has 0 aliphatic carbocycles. The first-order chi connectivity index (χ1) is 20.4. The number of nitrogens with zero attached hydrogens (tertiary/aromatic N) is 1. The molecule has 2 heterocycles. The van der Waals surface area contributed by atoms with E-state index in [-0.39, 0.29) is 24.7 Å². The third kappa shape index (κ3) is 7.85. The Hall–Kier alpha value is -1.91. The number of rotatable bonds is 7. The van der Waals surface area contributed by atoms with Gasteiger partial charge in [0, 0.05) is 41.8 Å². The van der Waals surface area contributed by atoms with Crippen LogP contribution in [-0.4, -0.2) is 50.6 Å². The number of carbonyl (C=O) groups is 1. The van der Waals surface area contributed by atoms with E-state index in [1.807, 2.05) is 60.7 Å². The van der Waals surface area contributed by atoms with E-state index >= 15 is 0 Å². The van der Waals surface area contributed by atoms with Gasteiger partial charge in [0.1, 0.15) is 0 Å². The summed E-state index contributed by atoms with van der Waals surface area (Å²) in [5, 5.41) is 24.1. The van der Waals surface area contributed by atoms with E-state index in [9.17, 15) is 15.0 Å². The van der Waals surface area contributed by atoms with Crippen LogP contribution in [0.25, 0.3) is 0 Å². The number of halogens is 4. The molecule has 2 saturated heterocycles. The number of likely N-dealkylation sites (tertiary alicyclic amines) is 1. The number of aliphatic hydroxyl groups is 2. The van der Waals surface area contributed by atoms with Gasteiger partial charge in [0.05, 0.1) is 24.4 Å². The Bertz CT molecular complexity index is 1370. The van der Waals surface area contributed by atoms with Crippen LogP contribution in [-0.2, 0) is 26.5 Å². The molecule has 3 aromatic carbocycles. The molecule has 0 unspecified atom stereocenters. The number of ether oxygens (including phenoxy) is 2. The third-order valence-electron chi connectivity index (χ3n) is 8.32. The second-order valence-electron chi connectivity index (χ2n) is 11.2. The normalized spacial score (nSPS) is 24.4. The standard InChI is InChI=1S/C32H34Cl4N2O5/c1-20-27(18-38-16-14-31(41,15-17-38)24-8-10-25(33)11-9-24)42-29(43-28(20)22-4-2-21(19-39)3-5-22)23-6-12-26(13-7-23)37-30(40)32(34,35)36/h2-13,20,27-29,39,41H,14-19H2,1H3,(H,37,40)/t20-,27+,28+,29+/m1/s1. The highest BCUT2D eigenvalue weighted by molar-refractivity contribution is 6.76. The predicted octanol–water partition coefficient (Wildman–Crippen LogP) is 6.92. The van der Waals surface area contributed by atoms with Gasteiger partial charge in [0.15, 0.2) is 6.29 Å². The number of benzene rings is 3. The Labute approximate surface area is 271 Å². The lowest BCUT2D eigenvalue weighted by molar-refractivity contribution is -0.277. The average molecular weight is 668 g/mol. The molecule has 0 spiro atoms. The van der Waals surface area contributed by atoms with Crippen molar-refractivity contribution in [3.8, 4) is 0 Å². The maximum absolute atomic E-state index is 12.1. The van der Waals surface area contributed by atoms with Crippen molar-refractivity contribution in [3.63, 3.8) is 0 Å². The fourth-order valence-corrected chi connectivity index (χ4v) is 5.93. The smallest absolute Gasteiger partial charge is 0.276 e. The molecular formula is C32H34Cl4N2O5. The van der Waals surface area contributed by atoms with Crippen molar-refractivity contribution in [1.29, 1.82) is 0 Å². The first-order valence-corrected chi connectivity index (χ1v) is 15.7. The topological polar surface area (TPSA) is 91.3 Å². The monoisotopic (exact) mass is 666 g/mol. The second kappa shape index (κ2) is 13.6. The number of hydrogen-bond acceptors (Lipinski definition) is 6. The van der Waals surface area contributed by atoms with E-state index in [0.29, 0.717) is 43.2 Å². The van der Waals surface area contributed by atoms with Gasteiger partial charge >= 0.3 is 0 Å². The summed E-state index contributed by atoms with van der Waals surface area (Å²) in [5.74, 6) is -0.740. The maximum Gasteiger partial charge on any atom is 0.276 e. The molecule has 5 rings (SSSR count). The van der Waals surface area contributed by atoms with Gasteiger partial charge in [0.2, 0.25) is 0 Å². The van der Waals surface area contributed by atoms with E-state index in [1.54, 1.807) is 12.1 Å². The largest absolute Gasteiger partial charge is 0.392 e. The molecular weight excluding hydrogens is 634 g/mol. The molecule has 0 bridgehead atoms. The van der Waals surface area contributed by atoms with E-state index in [1.165, 1.54) is 0 Å². The second-order valence-corrected chi connectivity index (χ2v) is 14.0. The van der Waals surface area contributed by atoms with Crippen LogP contribution >= 0.6 is 46.4 Å². The van der Waals surface area contributed by atoms with Gasteiger partial charge in [0.25, 0.3) is 9.70 Å². The SMILES string of the molecule is C[C@@H]1[C@H](CN2CCC(O)(c3ccc(Cl)cc3)CC2)O[C@H](c2ccc(NC(=O)C(Cl)(Cl)Cl)cc2)O[C@@H]1c1ccc(CO)cc1. The van der Waals surface area contributed by atoms with Crippen molar-refractivity contribution in [2.45, 2.75) is 54.3 Å². The Morgan fingerprint density at radius 1 is 0.953 bits per heavy atom. The third-order valence-corrected chi connectivity index (χ3v) is 9.09. The van der Waals surface area contributed by atoms with Gasteiger partial charge in [-0.2, -0.15) is 0 Å². The number of alkyl halides is 3. The zero-order valence-corrected chi connectivity index (χ0v) is 26.6. The van der Waals surface area contributed by atoms with Gasteiger partial charge in [-0.25, -0.2) is 0 Å². The summed E-state index contributed by atoms with van der Waals surface area (Å²) in [5.41, 5.74) is 3.05. The van der Waals surface area contributed by atoms with Crippen LogP contribution in [0.3, 0.4) is 0 Å². The number of hydrogen-bond donors (Lipinski definition) is 3. The maximum atomic E-state index is 12.1.